The first-order chi connectivity index (χ1) is 16.6. The van der Waals surface area contributed by atoms with E-state index in [1.165, 1.54) is 16.4 Å². The molecule has 0 spiro atoms. The van der Waals surface area contributed by atoms with E-state index in [0.717, 1.165) is 0 Å². The predicted molar refractivity (Wildman–Crippen MR) is 131 cm³/mol. The maximum atomic E-state index is 13.2. The molecule has 4 rings (SSSR count). The summed E-state index contributed by atoms with van der Waals surface area (Å²) >= 11 is 5.95. The van der Waals surface area contributed by atoms with Crippen molar-refractivity contribution >= 4 is 33.3 Å². The van der Waals surface area contributed by atoms with E-state index in [1.54, 1.807) is 44.2 Å². The van der Waals surface area contributed by atoms with Gasteiger partial charge in [-0.25, -0.2) is 13.4 Å². The molecule has 186 valence electrons. The third-order valence-electron chi connectivity index (χ3n) is 5.84. The molecule has 2 heterocycles. The largest absolute Gasteiger partial charge is 0.485 e. The number of aliphatic hydroxyl groups excluding tert-OH is 1. The molecule has 1 fully saturated rings. The number of aliphatic hydroxyl groups is 1. The Kier molecular flexibility index (Phi) is 7.21. The van der Waals surface area contributed by atoms with Crippen LogP contribution in [-0.4, -0.2) is 61.8 Å². The molecule has 0 radical (unpaired) electrons. The van der Waals surface area contributed by atoms with Gasteiger partial charge in [0.1, 0.15) is 23.5 Å². The zero-order valence-electron chi connectivity index (χ0n) is 19.2. The highest BCUT2D eigenvalue weighted by Gasteiger charge is 2.44. The molecule has 10 nitrogen and oxygen atoms in total. The van der Waals surface area contributed by atoms with Crippen molar-refractivity contribution < 1.29 is 23.0 Å². The summed E-state index contributed by atoms with van der Waals surface area (Å²) < 4.78 is 39.1. The van der Waals surface area contributed by atoms with Crippen LogP contribution in [0.2, 0.25) is 5.02 Å². The van der Waals surface area contributed by atoms with Crippen molar-refractivity contribution in [2.45, 2.75) is 36.5 Å². The van der Waals surface area contributed by atoms with Gasteiger partial charge in [0.25, 0.3) is 0 Å². The minimum atomic E-state index is -3.78. The standard InChI is InChI=1S/C23H26ClN5O5S/c1-23(2)21(30)20(28-22(26-14-25)27-16-5-3-15(24)4-6-16)18-13-17(7-8-19(18)34-23)35(31,32)29-9-11-33-12-10-29/h3-8,13,20-21,30H,9-12H2,1-2H3,(H2,26,27,28)/t20-,21+/m1/s1. The highest BCUT2D eigenvalue weighted by atomic mass is 35.5. The van der Waals surface area contributed by atoms with E-state index >= 15 is 0 Å². The molecule has 35 heavy (non-hydrogen) atoms. The van der Waals surface area contributed by atoms with E-state index in [1.807, 2.05) is 6.19 Å². The van der Waals surface area contributed by atoms with Crippen LogP contribution < -0.4 is 15.4 Å². The molecule has 0 saturated carbocycles. The van der Waals surface area contributed by atoms with Gasteiger partial charge in [0, 0.05) is 29.4 Å². The Hall–Kier alpha value is -2.88. The number of morpholine rings is 1. The summed E-state index contributed by atoms with van der Waals surface area (Å²) in [6.07, 6.45) is 0.691. The summed E-state index contributed by atoms with van der Waals surface area (Å²) in [6, 6.07) is 10.4. The number of anilines is 1. The van der Waals surface area contributed by atoms with Gasteiger partial charge in [0.05, 0.1) is 18.1 Å². The van der Waals surface area contributed by atoms with E-state index in [0.29, 0.717) is 35.2 Å². The number of rotatable bonds is 4. The second-order valence-corrected chi connectivity index (χ2v) is 11.0. The SMILES string of the molecule is CC1(C)Oc2ccc(S(=O)(=O)N3CCOCC3)cc2[C@@H](N=C(NC#N)Nc2ccc(Cl)cc2)[C@@H]1O. The fourth-order valence-electron chi connectivity index (χ4n) is 3.94. The number of nitrogens with one attached hydrogen (secondary N) is 2. The summed E-state index contributed by atoms with van der Waals surface area (Å²) in [5.41, 5.74) is -0.0223. The zero-order chi connectivity index (χ0) is 25.2. The first-order valence-corrected chi connectivity index (χ1v) is 12.8. The maximum absolute atomic E-state index is 13.2. The molecule has 12 heteroatoms. The number of benzene rings is 2. The van der Waals surface area contributed by atoms with Crippen molar-refractivity contribution in [2.24, 2.45) is 4.99 Å². The van der Waals surface area contributed by atoms with E-state index in [9.17, 15) is 18.8 Å². The van der Waals surface area contributed by atoms with Crippen molar-refractivity contribution in [2.75, 3.05) is 31.6 Å². The van der Waals surface area contributed by atoms with Crippen LogP contribution in [-0.2, 0) is 14.8 Å². The van der Waals surface area contributed by atoms with Crippen LogP contribution in [0.25, 0.3) is 0 Å². The molecule has 0 amide bonds. The molecule has 0 bridgehead atoms. The summed E-state index contributed by atoms with van der Waals surface area (Å²) in [6.45, 7) is 4.60. The average Bonchev–Trinajstić information content (AvgIpc) is 2.83. The third kappa shape index (κ3) is 5.37. The molecule has 0 unspecified atom stereocenters. The molecule has 1 saturated heterocycles. The molecule has 2 aliphatic rings. The van der Waals surface area contributed by atoms with Crippen molar-refractivity contribution in [3.8, 4) is 11.9 Å². The van der Waals surface area contributed by atoms with E-state index in [-0.39, 0.29) is 23.9 Å². The minimum Gasteiger partial charge on any atom is -0.485 e. The zero-order valence-corrected chi connectivity index (χ0v) is 20.8. The van der Waals surface area contributed by atoms with Crippen LogP contribution in [0.1, 0.15) is 25.5 Å². The lowest BCUT2D eigenvalue weighted by Crippen LogP contribution is -2.49. The van der Waals surface area contributed by atoms with Gasteiger partial charge in [-0.3, -0.25) is 5.32 Å². The highest BCUT2D eigenvalue weighted by Crippen LogP contribution is 2.43. The Morgan fingerprint density at radius 3 is 2.57 bits per heavy atom. The van der Waals surface area contributed by atoms with Crippen molar-refractivity contribution in [1.29, 1.82) is 5.26 Å². The number of hydrogen-bond acceptors (Lipinski definition) is 7. The lowest BCUT2D eigenvalue weighted by molar-refractivity contribution is -0.0568. The Balaban J connectivity index is 1.75. The lowest BCUT2D eigenvalue weighted by Gasteiger charge is -2.41. The summed E-state index contributed by atoms with van der Waals surface area (Å²) in [4.78, 5) is 4.64. The van der Waals surface area contributed by atoms with Crippen molar-refractivity contribution in [3.05, 3.63) is 53.1 Å². The van der Waals surface area contributed by atoms with E-state index in [2.05, 4.69) is 15.6 Å². The van der Waals surface area contributed by atoms with Crippen LogP contribution in [0.3, 0.4) is 0 Å². The van der Waals surface area contributed by atoms with Gasteiger partial charge in [-0.2, -0.15) is 9.57 Å². The molecule has 0 aromatic heterocycles. The van der Waals surface area contributed by atoms with Crippen LogP contribution in [0.4, 0.5) is 5.69 Å². The van der Waals surface area contributed by atoms with E-state index in [4.69, 9.17) is 21.1 Å². The average molecular weight is 520 g/mol. The second kappa shape index (κ2) is 10.0. The summed E-state index contributed by atoms with van der Waals surface area (Å²) in [7, 11) is -3.78. The van der Waals surface area contributed by atoms with Crippen LogP contribution in [0.5, 0.6) is 5.75 Å². The Labute approximate surface area is 209 Å². The van der Waals surface area contributed by atoms with Crippen molar-refractivity contribution in [3.63, 3.8) is 0 Å². The first kappa shape index (κ1) is 25.2. The lowest BCUT2D eigenvalue weighted by atomic mass is 9.87. The molecular formula is C23H26ClN5O5S. The van der Waals surface area contributed by atoms with Gasteiger partial charge in [-0.1, -0.05) is 11.6 Å². The van der Waals surface area contributed by atoms with Crippen LogP contribution in [0.15, 0.2) is 52.4 Å². The molecule has 3 N–H and O–H groups in total. The number of sulfonamides is 1. The Bertz CT molecular complexity index is 1250. The Morgan fingerprint density at radius 1 is 1.23 bits per heavy atom. The van der Waals surface area contributed by atoms with E-state index < -0.39 is 27.8 Å². The number of fused-ring (bicyclic) bond motifs is 1. The molecule has 2 atom stereocenters. The number of nitrogens with zero attached hydrogens (tertiary/aromatic N) is 3. The second-order valence-electron chi connectivity index (χ2n) is 8.66. The van der Waals surface area contributed by atoms with Gasteiger partial charge in [-0.15, -0.1) is 0 Å². The van der Waals surface area contributed by atoms with Crippen molar-refractivity contribution in [1.82, 2.24) is 9.62 Å². The number of aliphatic imine (C=N–C) groups is 1. The normalized spacial score (nSPS) is 22.4. The Morgan fingerprint density at radius 2 is 1.91 bits per heavy atom. The monoisotopic (exact) mass is 519 g/mol. The maximum Gasteiger partial charge on any atom is 0.243 e. The molecular weight excluding hydrogens is 494 g/mol. The fraction of sp³-hybridized carbons (Fsp3) is 0.391. The molecule has 2 aliphatic heterocycles. The molecule has 2 aromatic carbocycles. The third-order valence-corrected chi connectivity index (χ3v) is 7.99. The number of halogens is 1. The van der Waals surface area contributed by atoms with Gasteiger partial charge in [0.15, 0.2) is 6.19 Å². The first-order valence-electron chi connectivity index (χ1n) is 11.0. The molecule has 0 aliphatic carbocycles. The number of hydrogen-bond donors (Lipinski definition) is 3. The van der Waals surface area contributed by atoms with Gasteiger partial charge in [-0.05, 0) is 56.3 Å². The minimum absolute atomic E-state index is 0.0642. The number of nitriles is 1. The quantitative estimate of drug-likeness (QED) is 0.242. The van der Waals surface area contributed by atoms with Crippen LogP contribution >= 0.6 is 11.6 Å². The molecule has 2 aromatic rings. The topological polar surface area (TPSA) is 136 Å². The smallest absolute Gasteiger partial charge is 0.243 e. The summed E-state index contributed by atoms with van der Waals surface area (Å²) in [5, 5.41) is 26.4. The number of ether oxygens (including phenoxy) is 2. The van der Waals surface area contributed by atoms with Gasteiger partial charge >= 0.3 is 0 Å². The summed E-state index contributed by atoms with van der Waals surface area (Å²) in [5.74, 6) is 0.474. The predicted octanol–water partition coefficient (Wildman–Crippen LogP) is 2.47. The van der Waals surface area contributed by atoms with Gasteiger partial charge in [0.2, 0.25) is 16.0 Å². The van der Waals surface area contributed by atoms with Crippen LogP contribution in [0, 0.1) is 11.5 Å². The number of guanidine groups is 1. The fourth-order valence-corrected chi connectivity index (χ4v) is 5.51. The van der Waals surface area contributed by atoms with Gasteiger partial charge < -0.3 is 19.9 Å². The highest BCUT2D eigenvalue weighted by molar-refractivity contribution is 7.89.